The van der Waals surface area contributed by atoms with Crippen LogP contribution < -0.4 is 29.7 Å². The summed E-state index contributed by atoms with van der Waals surface area (Å²) < 4.78 is 14.5. The molecule has 0 saturated heterocycles. The standard InChI is InChI=1S/C36H28IN3O6S/c1-21-30(33(41)39-26-14-7-4-8-15-26)31(24-11-5-3-6-12-24)40-34(42)29(47-36(40)38-21)19-23-17-27(37)32(28(18-23)45-2)46-20-22-10-9-13-25(16-22)35(43)44/h3-19,31H,20H2,1-2H3,(H,39,41)(H,43,44)/b29-19-/t31-/m0/s1. The minimum Gasteiger partial charge on any atom is -0.493 e. The molecule has 1 aliphatic rings. The molecule has 0 aliphatic carbocycles. The van der Waals surface area contributed by atoms with Gasteiger partial charge in [-0.1, -0.05) is 72.0 Å². The van der Waals surface area contributed by atoms with Gasteiger partial charge in [-0.3, -0.25) is 14.2 Å². The number of aromatic nitrogens is 1. The Morgan fingerprint density at radius 2 is 1.74 bits per heavy atom. The average molecular weight is 758 g/mol. The van der Waals surface area contributed by atoms with E-state index in [2.05, 4.69) is 27.9 Å². The number of carbonyl (C=O) groups excluding carboxylic acids is 1. The number of allylic oxidation sites excluding steroid dienone is 1. The zero-order chi connectivity index (χ0) is 33.1. The smallest absolute Gasteiger partial charge is 0.335 e. The van der Waals surface area contributed by atoms with Gasteiger partial charge in [0.2, 0.25) is 0 Å². The highest BCUT2D eigenvalue weighted by Crippen LogP contribution is 2.35. The molecule has 1 aromatic heterocycles. The van der Waals surface area contributed by atoms with Crippen LogP contribution in [-0.2, 0) is 11.4 Å². The van der Waals surface area contributed by atoms with Crippen molar-refractivity contribution >= 4 is 57.6 Å². The van der Waals surface area contributed by atoms with Gasteiger partial charge >= 0.3 is 5.97 Å². The highest BCUT2D eigenvalue weighted by Gasteiger charge is 2.32. The van der Waals surface area contributed by atoms with Crippen molar-refractivity contribution < 1.29 is 24.2 Å². The number of carboxylic acids is 1. The number of methoxy groups -OCH3 is 1. The number of carbonyl (C=O) groups is 2. The molecule has 0 spiro atoms. The molecule has 9 nitrogen and oxygen atoms in total. The number of anilines is 1. The number of hydrogen-bond acceptors (Lipinski definition) is 7. The molecule has 0 unspecified atom stereocenters. The zero-order valence-corrected chi connectivity index (χ0v) is 28.2. The molecule has 6 rings (SSSR count). The summed E-state index contributed by atoms with van der Waals surface area (Å²) in [6.07, 6.45) is 1.78. The molecule has 0 fully saturated rings. The van der Waals surface area contributed by atoms with Gasteiger partial charge in [0, 0.05) is 5.69 Å². The van der Waals surface area contributed by atoms with Gasteiger partial charge in [-0.15, -0.1) is 0 Å². The number of hydrogen-bond donors (Lipinski definition) is 2. The summed E-state index contributed by atoms with van der Waals surface area (Å²) in [5.74, 6) is -0.375. The van der Waals surface area contributed by atoms with E-state index in [-0.39, 0.29) is 23.6 Å². The van der Waals surface area contributed by atoms with Crippen LogP contribution in [-0.4, -0.2) is 28.7 Å². The maximum atomic E-state index is 14.1. The Bertz CT molecular complexity index is 2210. The number of thiazole rings is 1. The van der Waals surface area contributed by atoms with Gasteiger partial charge in [0.25, 0.3) is 11.5 Å². The molecule has 0 bridgehead atoms. The fourth-order valence-electron chi connectivity index (χ4n) is 5.35. The highest BCUT2D eigenvalue weighted by atomic mass is 127. The normalized spacial score (nSPS) is 14.3. The van der Waals surface area contributed by atoms with Gasteiger partial charge in [0.15, 0.2) is 16.3 Å². The van der Waals surface area contributed by atoms with Gasteiger partial charge in [0.05, 0.1) is 38.1 Å². The minimum atomic E-state index is -1.01. The molecular weight excluding hydrogens is 729 g/mol. The molecule has 11 heteroatoms. The van der Waals surface area contributed by atoms with E-state index in [1.54, 1.807) is 41.8 Å². The summed E-state index contributed by atoms with van der Waals surface area (Å²) >= 11 is 3.40. The Balaban J connectivity index is 1.37. The van der Waals surface area contributed by atoms with E-state index in [9.17, 15) is 19.5 Å². The molecule has 0 saturated carbocycles. The second-order valence-electron chi connectivity index (χ2n) is 10.6. The maximum absolute atomic E-state index is 14.1. The molecule has 2 N–H and O–H groups in total. The maximum Gasteiger partial charge on any atom is 0.335 e. The summed E-state index contributed by atoms with van der Waals surface area (Å²) in [6, 6.07) is 28.2. The Labute approximate surface area is 287 Å². The number of halogens is 1. The van der Waals surface area contributed by atoms with E-state index in [0.717, 1.165) is 9.13 Å². The molecule has 47 heavy (non-hydrogen) atoms. The van der Waals surface area contributed by atoms with Crippen molar-refractivity contribution in [3.63, 3.8) is 0 Å². The first kappa shape index (κ1) is 32.0. The lowest BCUT2D eigenvalue weighted by molar-refractivity contribution is -0.113. The molecule has 236 valence electrons. The summed E-state index contributed by atoms with van der Waals surface area (Å²) in [5, 5.41) is 12.3. The third-order valence-corrected chi connectivity index (χ3v) is 9.30. The van der Waals surface area contributed by atoms with Crippen LogP contribution >= 0.6 is 33.9 Å². The van der Waals surface area contributed by atoms with Crippen molar-refractivity contribution in [2.24, 2.45) is 4.99 Å². The highest BCUT2D eigenvalue weighted by molar-refractivity contribution is 14.1. The van der Waals surface area contributed by atoms with Crippen molar-refractivity contribution in [2.45, 2.75) is 19.6 Å². The van der Waals surface area contributed by atoms with Gasteiger partial charge in [0.1, 0.15) is 6.61 Å². The molecule has 1 aliphatic heterocycles. The zero-order valence-electron chi connectivity index (χ0n) is 25.3. The number of amides is 1. The predicted octanol–water partition coefficient (Wildman–Crippen LogP) is 5.76. The number of ether oxygens (including phenoxy) is 2. The van der Waals surface area contributed by atoms with Gasteiger partial charge in [-0.2, -0.15) is 0 Å². The van der Waals surface area contributed by atoms with Crippen LogP contribution in [0.4, 0.5) is 5.69 Å². The molecule has 2 heterocycles. The molecule has 5 aromatic rings. The second-order valence-corrected chi connectivity index (χ2v) is 12.8. The van der Waals surface area contributed by atoms with Crippen molar-refractivity contribution in [3.8, 4) is 11.5 Å². The van der Waals surface area contributed by atoms with Crippen molar-refractivity contribution in [1.82, 2.24) is 4.57 Å². The van der Waals surface area contributed by atoms with E-state index < -0.39 is 12.0 Å². The van der Waals surface area contributed by atoms with Crippen LogP contribution in [0.5, 0.6) is 11.5 Å². The number of nitrogens with zero attached hydrogens (tertiary/aromatic N) is 2. The van der Waals surface area contributed by atoms with E-state index in [4.69, 9.17) is 14.5 Å². The summed E-state index contributed by atoms with van der Waals surface area (Å²) in [4.78, 5) is 44.4. The number of carboxylic acid groups (broad SMARTS) is 1. The molecule has 4 aromatic carbocycles. The van der Waals surface area contributed by atoms with Crippen LogP contribution in [0.15, 0.2) is 118 Å². The van der Waals surface area contributed by atoms with Crippen LogP contribution in [0.25, 0.3) is 6.08 Å². The number of benzene rings is 4. The van der Waals surface area contributed by atoms with E-state index in [0.29, 0.717) is 48.9 Å². The lowest BCUT2D eigenvalue weighted by atomic mass is 9.95. The summed E-state index contributed by atoms with van der Waals surface area (Å²) in [6.45, 7) is 1.93. The SMILES string of the molecule is COc1cc(/C=c2\sc3n(c2=O)[C@@H](c2ccccc2)C(C(=O)Nc2ccccc2)=C(C)N=3)cc(I)c1OCc1cccc(C(=O)O)c1. The largest absolute Gasteiger partial charge is 0.493 e. The third kappa shape index (κ3) is 6.76. The number of rotatable bonds is 9. The third-order valence-electron chi connectivity index (χ3n) is 7.52. The lowest BCUT2D eigenvalue weighted by Crippen LogP contribution is -2.40. The predicted molar refractivity (Wildman–Crippen MR) is 189 cm³/mol. The Morgan fingerprint density at radius 3 is 2.45 bits per heavy atom. The van der Waals surface area contributed by atoms with Crippen molar-refractivity contribution in [2.75, 3.05) is 12.4 Å². The first-order valence-electron chi connectivity index (χ1n) is 14.5. The fourth-order valence-corrected chi connectivity index (χ4v) is 7.17. The number of fused-ring (bicyclic) bond motifs is 1. The summed E-state index contributed by atoms with van der Waals surface area (Å²) in [7, 11) is 1.53. The van der Waals surface area contributed by atoms with Gasteiger partial charge in [-0.25, -0.2) is 9.79 Å². The van der Waals surface area contributed by atoms with Crippen molar-refractivity contribution in [1.29, 1.82) is 0 Å². The molecule has 1 amide bonds. The van der Waals surface area contributed by atoms with Crippen molar-refractivity contribution in [3.05, 3.63) is 154 Å². The van der Waals surface area contributed by atoms with Gasteiger partial charge in [-0.05, 0) is 88.7 Å². The first-order valence-corrected chi connectivity index (χ1v) is 16.4. The number of para-hydroxylation sites is 1. The molecule has 0 radical (unpaired) electrons. The topological polar surface area (TPSA) is 119 Å². The first-order chi connectivity index (χ1) is 22.7. The average Bonchev–Trinajstić information content (AvgIpc) is 3.37. The van der Waals surface area contributed by atoms with Crippen LogP contribution in [0.2, 0.25) is 0 Å². The van der Waals surface area contributed by atoms with E-state index >= 15 is 0 Å². The number of aromatic carboxylic acids is 1. The molecular formula is C36H28IN3O6S. The Morgan fingerprint density at radius 1 is 1.02 bits per heavy atom. The minimum absolute atomic E-state index is 0.143. The fraction of sp³-hybridized carbons (Fsp3) is 0.111. The molecule has 1 atom stereocenters. The summed E-state index contributed by atoms with van der Waals surface area (Å²) in [5.41, 5.74) is 3.69. The van der Waals surface area contributed by atoms with E-state index in [1.165, 1.54) is 24.5 Å². The van der Waals surface area contributed by atoms with Crippen LogP contribution in [0.3, 0.4) is 0 Å². The quantitative estimate of drug-likeness (QED) is 0.185. The second kappa shape index (κ2) is 13.8. The van der Waals surface area contributed by atoms with E-state index in [1.807, 2.05) is 66.7 Å². The Hall–Kier alpha value is -5.01. The van der Waals surface area contributed by atoms with Gasteiger partial charge < -0.3 is 19.9 Å². The van der Waals surface area contributed by atoms with Crippen LogP contribution in [0.1, 0.15) is 40.0 Å². The Kier molecular flexibility index (Phi) is 9.36. The number of nitrogens with one attached hydrogen (secondary N) is 1. The lowest BCUT2D eigenvalue weighted by Gasteiger charge is -2.25. The van der Waals surface area contributed by atoms with Crippen LogP contribution in [0, 0.1) is 3.57 Å². The monoisotopic (exact) mass is 757 g/mol.